The number of aliphatic imine (C=N–C) groups is 1. The first-order valence-corrected chi connectivity index (χ1v) is 1.70. The van der Waals surface area contributed by atoms with Crippen LogP contribution in [0.3, 0.4) is 0 Å². The first kappa shape index (κ1) is 5.21. The zero-order valence-electron chi connectivity index (χ0n) is 3.81. The van der Waals surface area contributed by atoms with Gasteiger partial charge in [-0.25, -0.2) is 4.99 Å². The van der Waals surface area contributed by atoms with Gasteiger partial charge in [-0.3, -0.25) is 0 Å². The van der Waals surface area contributed by atoms with E-state index in [1.165, 1.54) is 0 Å². The lowest BCUT2D eigenvalue weighted by atomic mass is 10.8. The van der Waals surface area contributed by atoms with Crippen molar-refractivity contribution in [1.29, 1.82) is 0 Å². The number of nitrogens with two attached hydrogens (primary N) is 1. The van der Waals surface area contributed by atoms with E-state index in [9.17, 15) is 0 Å². The summed E-state index contributed by atoms with van der Waals surface area (Å²) in [5.74, 6) is 0.359. The van der Waals surface area contributed by atoms with E-state index in [1.54, 1.807) is 13.1 Å². The molecule has 2 nitrogen and oxygen atoms in total. The summed E-state index contributed by atoms with van der Waals surface area (Å²) in [4.78, 5) is 3.58. The Morgan fingerprint density at radius 2 is 2.50 bits per heavy atom. The molecule has 0 aliphatic heterocycles. The zero-order chi connectivity index (χ0) is 4.99. The van der Waals surface area contributed by atoms with Crippen molar-refractivity contribution in [2.45, 2.75) is 6.92 Å². The molecule has 0 spiro atoms. The molecule has 2 heteroatoms. The molecule has 0 rings (SSSR count). The van der Waals surface area contributed by atoms with Crippen molar-refractivity contribution in [2.24, 2.45) is 10.7 Å². The van der Waals surface area contributed by atoms with Crippen LogP contribution in [-0.2, 0) is 0 Å². The van der Waals surface area contributed by atoms with Gasteiger partial charge < -0.3 is 5.73 Å². The predicted molar refractivity (Wildman–Crippen MR) is 27.5 cm³/mol. The normalized spacial score (nSPS) is 9.50. The largest absolute Gasteiger partial charge is 0.384 e. The van der Waals surface area contributed by atoms with Gasteiger partial charge in [-0.15, -0.1) is 0 Å². The number of hydrogen-bond acceptors (Lipinski definition) is 2. The van der Waals surface area contributed by atoms with Gasteiger partial charge >= 0.3 is 0 Å². The first-order valence-electron chi connectivity index (χ1n) is 1.70. The SMILES string of the molecule is C=C(N)N=CC. The van der Waals surface area contributed by atoms with Crippen LogP contribution in [0.1, 0.15) is 6.92 Å². The molecule has 0 heterocycles. The van der Waals surface area contributed by atoms with Gasteiger partial charge in [0.1, 0.15) is 5.82 Å². The topological polar surface area (TPSA) is 38.4 Å². The summed E-state index contributed by atoms with van der Waals surface area (Å²) in [5.41, 5.74) is 5.01. The number of rotatable bonds is 1. The zero-order valence-corrected chi connectivity index (χ0v) is 3.81. The summed E-state index contributed by atoms with van der Waals surface area (Å²) in [6.45, 7) is 5.11. The Morgan fingerprint density at radius 1 is 2.00 bits per heavy atom. The molecule has 0 saturated heterocycles. The maximum atomic E-state index is 5.01. The maximum Gasteiger partial charge on any atom is 0.115 e. The number of nitrogens with zero attached hydrogens (tertiary/aromatic N) is 1. The Kier molecular flexibility index (Phi) is 2.13. The monoisotopic (exact) mass is 84.1 g/mol. The molecule has 0 amide bonds. The minimum absolute atomic E-state index is 0.359. The predicted octanol–water partition coefficient (Wildman–Crippen LogP) is 0.507. The van der Waals surface area contributed by atoms with Crippen molar-refractivity contribution >= 4 is 6.21 Å². The Balaban J connectivity index is 3.30. The van der Waals surface area contributed by atoms with Crippen LogP contribution in [0.2, 0.25) is 0 Å². The molecule has 0 aliphatic rings. The lowest BCUT2D eigenvalue weighted by molar-refractivity contribution is 1.27. The molecular weight excluding hydrogens is 76.1 g/mol. The van der Waals surface area contributed by atoms with E-state index in [4.69, 9.17) is 5.73 Å². The maximum absolute atomic E-state index is 5.01. The molecule has 6 heavy (non-hydrogen) atoms. The van der Waals surface area contributed by atoms with Gasteiger partial charge in [-0.05, 0) is 6.92 Å². The fraction of sp³-hybridized carbons (Fsp3) is 0.250. The van der Waals surface area contributed by atoms with Crippen molar-refractivity contribution < 1.29 is 0 Å². The summed E-state index contributed by atoms with van der Waals surface area (Å²) in [6, 6.07) is 0. The molecule has 0 aliphatic carbocycles. The molecule has 34 valence electrons. The van der Waals surface area contributed by atoms with Crippen LogP contribution < -0.4 is 5.73 Å². The van der Waals surface area contributed by atoms with Crippen LogP contribution >= 0.6 is 0 Å². The molecule has 0 bridgehead atoms. The minimum Gasteiger partial charge on any atom is -0.384 e. The van der Waals surface area contributed by atoms with Crippen LogP contribution in [0.4, 0.5) is 0 Å². The van der Waals surface area contributed by atoms with Crippen molar-refractivity contribution in [2.75, 3.05) is 0 Å². The van der Waals surface area contributed by atoms with E-state index in [0.717, 1.165) is 0 Å². The summed E-state index contributed by atoms with van der Waals surface area (Å²) in [7, 11) is 0. The highest BCUT2D eigenvalue weighted by Gasteiger charge is 1.63. The average molecular weight is 84.1 g/mol. The van der Waals surface area contributed by atoms with Crippen molar-refractivity contribution in [3.05, 3.63) is 12.4 Å². The molecule has 0 unspecified atom stereocenters. The van der Waals surface area contributed by atoms with Crippen LogP contribution in [0.15, 0.2) is 17.4 Å². The third-order valence-electron chi connectivity index (χ3n) is 0.295. The van der Waals surface area contributed by atoms with Crippen LogP contribution in [0, 0.1) is 0 Å². The Labute approximate surface area is 37.4 Å². The third-order valence-corrected chi connectivity index (χ3v) is 0.295. The lowest BCUT2D eigenvalue weighted by Crippen LogP contribution is -1.88. The van der Waals surface area contributed by atoms with Gasteiger partial charge in [0.05, 0.1) is 0 Å². The standard InChI is InChI=1S/C4H8N2/c1-3-6-4(2)5/h3H,2,5H2,1H3. The molecule has 0 saturated carbocycles. The highest BCUT2D eigenvalue weighted by atomic mass is 14.9. The quantitative estimate of drug-likeness (QED) is 0.462. The van der Waals surface area contributed by atoms with Crippen molar-refractivity contribution in [3.63, 3.8) is 0 Å². The molecule has 0 radical (unpaired) electrons. The average Bonchev–Trinajstić information content (AvgIpc) is 1.35. The second kappa shape index (κ2) is 2.45. The van der Waals surface area contributed by atoms with Crippen molar-refractivity contribution in [3.8, 4) is 0 Å². The van der Waals surface area contributed by atoms with Gasteiger partial charge in [0.2, 0.25) is 0 Å². The van der Waals surface area contributed by atoms with E-state index >= 15 is 0 Å². The molecule has 0 atom stereocenters. The molecule has 0 aromatic heterocycles. The van der Waals surface area contributed by atoms with Crippen LogP contribution in [0.25, 0.3) is 0 Å². The van der Waals surface area contributed by atoms with Crippen LogP contribution in [0.5, 0.6) is 0 Å². The van der Waals surface area contributed by atoms with Gasteiger partial charge in [-0.1, -0.05) is 6.58 Å². The van der Waals surface area contributed by atoms with E-state index in [-0.39, 0.29) is 0 Å². The number of hydrogen-bond donors (Lipinski definition) is 1. The minimum atomic E-state index is 0.359. The summed E-state index contributed by atoms with van der Waals surface area (Å²) < 4.78 is 0. The van der Waals surface area contributed by atoms with Gasteiger partial charge in [0.25, 0.3) is 0 Å². The van der Waals surface area contributed by atoms with Crippen molar-refractivity contribution in [1.82, 2.24) is 0 Å². The lowest BCUT2D eigenvalue weighted by Gasteiger charge is -1.78. The van der Waals surface area contributed by atoms with E-state index in [1.807, 2.05) is 0 Å². The van der Waals surface area contributed by atoms with Gasteiger partial charge in [-0.2, -0.15) is 0 Å². The molecule has 0 fully saturated rings. The highest BCUT2D eigenvalue weighted by Crippen LogP contribution is 1.71. The third kappa shape index (κ3) is 3.21. The molecule has 0 aromatic carbocycles. The van der Waals surface area contributed by atoms with Gasteiger partial charge in [0, 0.05) is 6.21 Å². The Bertz CT molecular complexity index is 73.6. The van der Waals surface area contributed by atoms with E-state index < -0.39 is 0 Å². The molecule has 0 aromatic rings. The van der Waals surface area contributed by atoms with E-state index in [0.29, 0.717) is 5.82 Å². The Morgan fingerprint density at radius 3 is 2.50 bits per heavy atom. The highest BCUT2D eigenvalue weighted by molar-refractivity contribution is 5.54. The molecule has 2 N–H and O–H groups in total. The van der Waals surface area contributed by atoms with Gasteiger partial charge in [0.15, 0.2) is 0 Å². The smallest absolute Gasteiger partial charge is 0.115 e. The second-order valence-corrected chi connectivity index (χ2v) is 0.879. The summed E-state index contributed by atoms with van der Waals surface area (Å²) in [5, 5.41) is 0. The summed E-state index contributed by atoms with van der Waals surface area (Å²) >= 11 is 0. The second-order valence-electron chi connectivity index (χ2n) is 0.879. The fourth-order valence-corrected chi connectivity index (χ4v) is 0.166. The van der Waals surface area contributed by atoms with E-state index in [2.05, 4.69) is 11.6 Å². The summed E-state index contributed by atoms with van der Waals surface area (Å²) in [6.07, 6.45) is 1.60. The Hall–Kier alpha value is -0.790. The van der Waals surface area contributed by atoms with Crippen LogP contribution in [-0.4, -0.2) is 6.21 Å². The first-order chi connectivity index (χ1) is 2.77. The fourth-order valence-electron chi connectivity index (χ4n) is 0.166. The molecular formula is C4H8N2.